The van der Waals surface area contributed by atoms with Gasteiger partial charge in [-0.25, -0.2) is 23.1 Å². The normalized spacial score (nSPS) is 12.1. The zero-order valence-corrected chi connectivity index (χ0v) is 14.6. The van der Waals surface area contributed by atoms with Crippen LogP contribution in [0.3, 0.4) is 0 Å². The van der Waals surface area contributed by atoms with E-state index in [4.69, 9.17) is 0 Å². The lowest BCUT2D eigenvalue weighted by atomic mass is 10.1. The van der Waals surface area contributed by atoms with Gasteiger partial charge in [0, 0.05) is 5.56 Å². The van der Waals surface area contributed by atoms with Crippen LogP contribution in [0.4, 0.5) is 13.2 Å². The van der Waals surface area contributed by atoms with Crippen LogP contribution in [0.2, 0.25) is 0 Å². The van der Waals surface area contributed by atoms with Gasteiger partial charge in [0.1, 0.15) is 6.33 Å². The Morgan fingerprint density at radius 3 is 2.30 bits per heavy atom. The van der Waals surface area contributed by atoms with E-state index in [0.29, 0.717) is 11.4 Å². The third-order valence-electron chi connectivity index (χ3n) is 3.72. The number of sulfonamides is 1. The van der Waals surface area contributed by atoms with Crippen molar-refractivity contribution in [2.24, 2.45) is 0 Å². The zero-order valence-electron chi connectivity index (χ0n) is 13.8. The Labute approximate surface area is 154 Å². The predicted octanol–water partition coefficient (Wildman–Crippen LogP) is 3.64. The van der Waals surface area contributed by atoms with Gasteiger partial charge in [0.2, 0.25) is 10.0 Å². The molecule has 27 heavy (non-hydrogen) atoms. The molecule has 0 unspecified atom stereocenters. The lowest BCUT2D eigenvalue weighted by molar-refractivity contribution is -0.139. The highest BCUT2D eigenvalue weighted by atomic mass is 32.2. The van der Waals surface area contributed by atoms with Crippen LogP contribution in [0.5, 0.6) is 0 Å². The standard InChI is InChI=1S/C18H14F3N3O2S/c19-18(20,21)15-8-4-5-9-17(15)27(25,26)24-11-14-10-16(23-12-22-14)13-6-2-1-3-7-13/h1-10,12,24H,11H2. The summed E-state index contributed by atoms with van der Waals surface area (Å²) in [6, 6.07) is 14.8. The number of halogens is 3. The van der Waals surface area contributed by atoms with Crippen molar-refractivity contribution in [1.82, 2.24) is 14.7 Å². The van der Waals surface area contributed by atoms with Crippen molar-refractivity contribution in [3.05, 3.63) is 78.2 Å². The summed E-state index contributed by atoms with van der Waals surface area (Å²) < 4.78 is 66.1. The molecular weight excluding hydrogens is 379 g/mol. The number of rotatable bonds is 5. The van der Waals surface area contributed by atoms with Gasteiger partial charge in [0.25, 0.3) is 0 Å². The Hall–Kier alpha value is -2.78. The number of benzene rings is 2. The first-order valence-corrected chi connectivity index (χ1v) is 9.28. The van der Waals surface area contributed by atoms with Crippen LogP contribution in [0.15, 0.2) is 71.9 Å². The summed E-state index contributed by atoms with van der Waals surface area (Å²) in [5.41, 5.74) is 0.504. The Morgan fingerprint density at radius 2 is 1.59 bits per heavy atom. The van der Waals surface area contributed by atoms with Gasteiger partial charge in [0.05, 0.1) is 28.4 Å². The molecule has 1 aromatic heterocycles. The second-order valence-electron chi connectivity index (χ2n) is 5.58. The summed E-state index contributed by atoms with van der Waals surface area (Å²) in [4.78, 5) is 7.27. The van der Waals surface area contributed by atoms with E-state index in [1.165, 1.54) is 12.4 Å². The highest BCUT2D eigenvalue weighted by Crippen LogP contribution is 2.33. The molecule has 1 heterocycles. The van der Waals surface area contributed by atoms with Gasteiger partial charge in [0.15, 0.2) is 0 Å². The van der Waals surface area contributed by atoms with Gasteiger partial charge in [-0.05, 0) is 18.2 Å². The van der Waals surface area contributed by atoms with E-state index in [1.807, 2.05) is 30.3 Å². The van der Waals surface area contributed by atoms with Gasteiger partial charge in [-0.1, -0.05) is 42.5 Å². The molecule has 140 valence electrons. The molecule has 0 amide bonds. The van der Waals surface area contributed by atoms with Crippen LogP contribution in [0.1, 0.15) is 11.3 Å². The molecule has 1 N–H and O–H groups in total. The molecule has 0 saturated heterocycles. The maximum Gasteiger partial charge on any atom is 0.417 e. The van der Waals surface area contributed by atoms with Crippen LogP contribution in [-0.2, 0) is 22.7 Å². The lowest BCUT2D eigenvalue weighted by Crippen LogP contribution is -2.26. The summed E-state index contributed by atoms with van der Waals surface area (Å²) in [6.45, 7) is -0.267. The maximum absolute atomic E-state index is 13.1. The third kappa shape index (κ3) is 4.50. The average molecular weight is 393 g/mol. The molecule has 0 radical (unpaired) electrons. The summed E-state index contributed by atoms with van der Waals surface area (Å²) in [5.74, 6) is 0. The van der Waals surface area contributed by atoms with Crippen molar-refractivity contribution in [2.75, 3.05) is 0 Å². The van der Waals surface area contributed by atoms with E-state index in [9.17, 15) is 21.6 Å². The lowest BCUT2D eigenvalue weighted by Gasteiger charge is -2.13. The summed E-state index contributed by atoms with van der Waals surface area (Å²) in [6.07, 6.45) is -3.50. The number of nitrogens with one attached hydrogen (secondary N) is 1. The first kappa shape index (κ1) is 19.0. The number of aromatic nitrogens is 2. The van der Waals surface area contributed by atoms with Crippen LogP contribution in [0, 0.1) is 0 Å². The summed E-state index contributed by atoms with van der Waals surface area (Å²) >= 11 is 0. The molecule has 0 aliphatic rings. The SMILES string of the molecule is O=S(=O)(NCc1cc(-c2ccccc2)ncn1)c1ccccc1C(F)(F)F. The van der Waals surface area contributed by atoms with E-state index in [-0.39, 0.29) is 6.54 Å². The molecule has 0 saturated carbocycles. The number of alkyl halides is 3. The Morgan fingerprint density at radius 1 is 0.926 bits per heavy atom. The molecule has 0 fully saturated rings. The first-order valence-electron chi connectivity index (χ1n) is 7.79. The van der Waals surface area contributed by atoms with Crippen molar-refractivity contribution < 1.29 is 21.6 Å². The molecule has 2 aromatic carbocycles. The molecule has 3 rings (SSSR count). The third-order valence-corrected chi connectivity index (χ3v) is 5.18. The molecule has 0 aliphatic heterocycles. The second-order valence-corrected chi connectivity index (χ2v) is 7.31. The topological polar surface area (TPSA) is 72.0 Å². The van der Waals surface area contributed by atoms with E-state index in [1.54, 1.807) is 6.07 Å². The minimum Gasteiger partial charge on any atom is -0.240 e. The summed E-state index contributed by atoms with van der Waals surface area (Å²) in [7, 11) is -4.38. The van der Waals surface area contributed by atoms with Crippen molar-refractivity contribution >= 4 is 10.0 Å². The van der Waals surface area contributed by atoms with Crippen LogP contribution in [-0.4, -0.2) is 18.4 Å². The van der Waals surface area contributed by atoms with Crippen molar-refractivity contribution in [3.8, 4) is 11.3 Å². The van der Waals surface area contributed by atoms with Gasteiger partial charge in [-0.15, -0.1) is 0 Å². The average Bonchev–Trinajstić information content (AvgIpc) is 2.67. The molecule has 5 nitrogen and oxygen atoms in total. The molecular formula is C18H14F3N3O2S. The molecule has 9 heteroatoms. The van der Waals surface area contributed by atoms with Crippen LogP contribution < -0.4 is 4.72 Å². The minimum atomic E-state index is -4.78. The number of nitrogens with zero attached hydrogens (tertiary/aromatic N) is 2. The van der Waals surface area contributed by atoms with Crippen molar-refractivity contribution in [2.45, 2.75) is 17.6 Å². The Bertz CT molecular complexity index is 1040. The zero-order chi connectivity index (χ0) is 19.5. The molecule has 3 aromatic rings. The van der Waals surface area contributed by atoms with Crippen LogP contribution in [0.25, 0.3) is 11.3 Å². The quantitative estimate of drug-likeness (QED) is 0.718. The van der Waals surface area contributed by atoms with Crippen molar-refractivity contribution in [3.63, 3.8) is 0 Å². The van der Waals surface area contributed by atoms with Crippen LogP contribution >= 0.6 is 0 Å². The predicted molar refractivity (Wildman–Crippen MR) is 92.9 cm³/mol. The minimum absolute atomic E-state index is 0.267. The fourth-order valence-corrected chi connectivity index (χ4v) is 3.67. The van der Waals surface area contributed by atoms with Crippen molar-refractivity contribution in [1.29, 1.82) is 0 Å². The molecule has 0 spiro atoms. The number of hydrogen-bond donors (Lipinski definition) is 1. The maximum atomic E-state index is 13.1. The molecule has 0 atom stereocenters. The van der Waals surface area contributed by atoms with Gasteiger partial charge >= 0.3 is 6.18 Å². The fraction of sp³-hybridized carbons (Fsp3) is 0.111. The Balaban J connectivity index is 1.83. The largest absolute Gasteiger partial charge is 0.417 e. The van der Waals surface area contributed by atoms with E-state index in [2.05, 4.69) is 14.7 Å². The molecule has 0 aliphatic carbocycles. The first-order chi connectivity index (χ1) is 12.8. The fourth-order valence-electron chi connectivity index (χ4n) is 2.44. The van der Waals surface area contributed by atoms with Gasteiger partial charge < -0.3 is 0 Å². The summed E-state index contributed by atoms with van der Waals surface area (Å²) in [5, 5.41) is 0. The van der Waals surface area contributed by atoms with Gasteiger partial charge in [-0.2, -0.15) is 13.2 Å². The van der Waals surface area contributed by atoms with Gasteiger partial charge in [-0.3, -0.25) is 0 Å². The number of hydrogen-bond acceptors (Lipinski definition) is 4. The van der Waals surface area contributed by atoms with E-state index >= 15 is 0 Å². The smallest absolute Gasteiger partial charge is 0.240 e. The monoisotopic (exact) mass is 393 g/mol. The second kappa shape index (κ2) is 7.45. The highest BCUT2D eigenvalue weighted by Gasteiger charge is 2.36. The van der Waals surface area contributed by atoms with E-state index < -0.39 is 26.7 Å². The Kier molecular flexibility index (Phi) is 5.24. The highest BCUT2D eigenvalue weighted by molar-refractivity contribution is 7.89. The van der Waals surface area contributed by atoms with E-state index in [0.717, 1.165) is 23.8 Å². The molecule has 0 bridgehead atoms.